The number of likely N-dealkylation sites (tertiary alicyclic amines) is 1. The highest BCUT2D eigenvalue weighted by atomic mass is 15.1. The van der Waals surface area contributed by atoms with Crippen LogP contribution in [-0.2, 0) is 0 Å². The summed E-state index contributed by atoms with van der Waals surface area (Å²) in [6.45, 7) is 8.86. The fourth-order valence-electron chi connectivity index (χ4n) is 2.91. The summed E-state index contributed by atoms with van der Waals surface area (Å²) in [6, 6.07) is 0. The van der Waals surface area contributed by atoms with Crippen LogP contribution in [0.3, 0.4) is 0 Å². The molecule has 1 atom stereocenters. The predicted octanol–water partition coefficient (Wildman–Crippen LogP) is 2.76. The maximum absolute atomic E-state index is 2.68. The van der Waals surface area contributed by atoms with Gasteiger partial charge < -0.3 is 4.90 Å². The van der Waals surface area contributed by atoms with Crippen molar-refractivity contribution in [1.29, 1.82) is 0 Å². The molecule has 0 radical (unpaired) electrons. The highest BCUT2D eigenvalue weighted by molar-refractivity contribution is 4.83. The van der Waals surface area contributed by atoms with Crippen molar-refractivity contribution < 1.29 is 0 Å². The summed E-state index contributed by atoms with van der Waals surface area (Å²) in [7, 11) is 0. The molecule has 1 aliphatic heterocycles. The smallest absolute Gasteiger partial charge is 0.000998 e. The van der Waals surface area contributed by atoms with E-state index in [0.717, 1.165) is 17.8 Å². The first-order chi connectivity index (χ1) is 6.28. The van der Waals surface area contributed by atoms with Gasteiger partial charge in [0, 0.05) is 13.1 Å². The van der Waals surface area contributed by atoms with E-state index in [1.807, 2.05) is 0 Å². The van der Waals surface area contributed by atoms with Gasteiger partial charge in [-0.3, -0.25) is 0 Å². The molecular formula is C12H23N. The summed E-state index contributed by atoms with van der Waals surface area (Å²) in [5, 5.41) is 0. The molecule has 1 aliphatic carbocycles. The molecule has 1 nitrogen and oxygen atoms in total. The van der Waals surface area contributed by atoms with Crippen LogP contribution in [0, 0.1) is 17.8 Å². The molecule has 1 heterocycles. The van der Waals surface area contributed by atoms with Gasteiger partial charge in [0.15, 0.2) is 0 Å². The highest BCUT2D eigenvalue weighted by Gasteiger charge is 2.30. The fraction of sp³-hybridized carbons (Fsp3) is 1.00. The van der Waals surface area contributed by atoms with Gasteiger partial charge in [0.1, 0.15) is 0 Å². The molecule has 0 amide bonds. The summed E-state index contributed by atoms with van der Waals surface area (Å²) < 4.78 is 0. The van der Waals surface area contributed by atoms with E-state index < -0.39 is 0 Å². The van der Waals surface area contributed by atoms with Crippen LogP contribution >= 0.6 is 0 Å². The summed E-state index contributed by atoms with van der Waals surface area (Å²) in [5.74, 6) is 3.09. The normalized spacial score (nSPS) is 40.6. The van der Waals surface area contributed by atoms with Crippen LogP contribution in [0.15, 0.2) is 0 Å². The lowest BCUT2D eigenvalue weighted by atomic mass is 9.73. The Kier molecular flexibility index (Phi) is 2.92. The fourth-order valence-corrected chi connectivity index (χ4v) is 2.91. The van der Waals surface area contributed by atoms with E-state index in [-0.39, 0.29) is 0 Å². The maximum Gasteiger partial charge on any atom is 0.000998 e. The third-order valence-corrected chi connectivity index (χ3v) is 3.94. The lowest BCUT2D eigenvalue weighted by Crippen LogP contribution is -2.34. The Morgan fingerprint density at radius 3 is 2.54 bits per heavy atom. The third kappa shape index (κ3) is 2.25. The molecule has 2 fully saturated rings. The van der Waals surface area contributed by atoms with Gasteiger partial charge in [-0.15, -0.1) is 0 Å². The summed E-state index contributed by atoms with van der Waals surface area (Å²) >= 11 is 0. The van der Waals surface area contributed by atoms with Gasteiger partial charge >= 0.3 is 0 Å². The van der Waals surface area contributed by atoms with Crippen molar-refractivity contribution in [3.63, 3.8) is 0 Å². The van der Waals surface area contributed by atoms with Crippen LogP contribution < -0.4 is 0 Å². The van der Waals surface area contributed by atoms with Crippen molar-refractivity contribution in [3.05, 3.63) is 0 Å². The van der Waals surface area contributed by atoms with Gasteiger partial charge in [-0.05, 0) is 43.6 Å². The molecule has 0 unspecified atom stereocenters. The molecule has 0 aromatic heterocycles. The molecule has 76 valence electrons. The van der Waals surface area contributed by atoms with Crippen LogP contribution in [0.2, 0.25) is 0 Å². The highest BCUT2D eigenvalue weighted by Crippen LogP contribution is 2.36. The molecule has 0 bridgehead atoms. The minimum atomic E-state index is 0.960. The minimum Gasteiger partial charge on any atom is -0.303 e. The van der Waals surface area contributed by atoms with Crippen molar-refractivity contribution >= 4 is 0 Å². The number of hydrogen-bond acceptors (Lipinski definition) is 1. The van der Waals surface area contributed by atoms with E-state index in [4.69, 9.17) is 0 Å². The van der Waals surface area contributed by atoms with Crippen LogP contribution in [0.1, 0.15) is 39.5 Å². The van der Waals surface area contributed by atoms with E-state index in [0.29, 0.717) is 0 Å². The van der Waals surface area contributed by atoms with Gasteiger partial charge in [-0.25, -0.2) is 0 Å². The second-order valence-electron chi connectivity index (χ2n) is 5.27. The molecule has 0 aromatic rings. The third-order valence-electron chi connectivity index (χ3n) is 3.94. The zero-order chi connectivity index (χ0) is 9.26. The molecule has 2 rings (SSSR count). The molecule has 1 saturated carbocycles. The first-order valence-corrected chi connectivity index (χ1v) is 6.00. The Bertz CT molecular complexity index is 161. The minimum absolute atomic E-state index is 0.960. The summed E-state index contributed by atoms with van der Waals surface area (Å²) in [4.78, 5) is 2.68. The van der Waals surface area contributed by atoms with E-state index in [1.165, 1.54) is 45.3 Å². The van der Waals surface area contributed by atoms with Crippen molar-refractivity contribution in [3.8, 4) is 0 Å². The van der Waals surface area contributed by atoms with Gasteiger partial charge in [-0.1, -0.05) is 20.3 Å². The first-order valence-electron chi connectivity index (χ1n) is 6.00. The molecule has 2 aliphatic rings. The van der Waals surface area contributed by atoms with Crippen LogP contribution in [0.25, 0.3) is 0 Å². The quantitative estimate of drug-likeness (QED) is 0.647. The first kappa shape index (κ1) is 9.51. The van der Waals surface area contributed by atoms with Crippen LogP contribution in [-0.4, -0.2) is 24.5 Å². The molecule has 0 spiro atoms. The average molecular weight is 181 g/mol. The summed E-state index contributed by atoms with van der Waals surface area (Å²) in [5.41, 5.74) is 0. The Balaban J connectivity index is 1.64. The molecule has 1 saturated heterocycles. The van der Waals surface area contributed by atoms with E-state index >= 15 is 0 Å². The van der Waals surface area contributed by atoms with Gasteiger partial charge in [0.2, 0.25) is 0 Å². The van der Waals surface area contributed by atoms with Crippen LogP contribution in [0.4, 0.5) is 0 Å². The summed E-state index contributed by atoms with van der Waals surface area (Å²) in [6.07, 6.45) is 5.87. The van der Waals surface area contributed by atoms with Crippen molar-refractivity contribution in [2.24, 2.45) is 17.8 Å². The van der Waals surface area contributed by atoms with Gasteiger partial charge in [0.05, 0.1) is 0 Å². The zero-order valence-corrected chi connectivity index (χ0v) is 9.13. The van der Waals surface area contributed by atoms with Gasteiger partial charge in [-0.2, -0.15) is 0 Å². The Morgan fingerprint density at radius 2 is 2.00 bits per heavy atom. The standard InChI is InChI=1S/C12H23N/c1-3-11-6-12(7-11)9-13-5-4-10(2)8-13/h10-12H,3-9H2,1-2H3/t10-,11?,12?/m0/s1. The monoisotopic (exact) mass is 181 g/mol. The Morgan fingerprint density at radius 1 is 1.23 bits per heavy atom. The Hall–Kier alpha value is -0.0400. The van der Waals surface area contributed by atoms with Crippen molar-refractivity contribution in [2.45, 2.75) is 39.5 Å². The van der Waals surface area contributed by atoms with E-state index in [1.54, 1.807) is 0 Å². The topological polar surface area (TPSA) is 3.24 Å². The van der Waals surface area contributed by atoms with Crippen molar-refractivity contribution in [1.82, 2.24) is 4.90 Å². The average Bonchev–Trinajstić information content (AvgIpc) is 2.43. The number of rotatable bonds is 3. The van der Waals surface area contributed by atoms with E-state index in [9.17, 15) is 0 Å². The SMILES string of the molecule is CCC1CC(CN2CC[C@H](C)C2)C1. The molecule has 1 heteroatoms. The molecule has 0 aromatic carbocycles. The van der Waals surface area contributed by atoms with Crippen LogP contribution in [0.5, 0.6) is 0 Å². The Labute approximate surface area is 82.5 Å². The lowest BCUT2D eigenvalue weighted by molar-refractivity contribution is 0.134. The largest absolute Gasteiger partial charge is 0.303 e. The molecule has 0 N–H and O–H groups in total. The number of hydrogen-bond donors (Lipinski definition) is 0. The molecular weight excluding hydrogens is 158 g/mol. The molecule has 13 heavy (non-hydrogen) atoms. The van der Waals surface area contributed by atoms with Gasteiger partial charge in [0.25, 0.3) is 0 Å². The number of nitrogens with zero attached hydrogens (tertiary/aromatic N) is 1. The lowest BCUT2D eigenvalue weighted by Gasteiger charge is -2.37. The second kappa shape index (κ2) is 4.00. The maximum atomic E-state index is 2.68. The predicted molar refractivity (Wildman–Crippen MR) is 56.7 cm³/mol. The van der Waals surface area contributed by atoms with E-state index in [2.05, 4.69) is 18.7 Å². The second-order valence-corrected chi connectivity index (χ2v) is 5.27. The van der Waals surface area contributed by atoms with Crippen molar-refractivity contribution in [2.75, 3.05) is 19.6 Å². The zero-order valence-electron chi connectivity index (χ0n) is 9.13.